The quantitative estimate of drug-likeness (QED) is 0.0362. The molecule has 0 aliphatic rings. The van der Waals surface area contributed by atoms with E-state index in [9.17, 15) is 9.59 Å². The first-order chi connectivity index (χ1) is 30.9. The van der Waals surface area contributed by atoms with Crippen LogP contribution in [-0.4, -0.2) is 95.7 Å². The normalized spacial score (nSPS) is 12.4. The third-order valence-corrected chi connectivity index (χ3v) is 17.9. The van der Waals surface area contributed by atoms with Gasteiger partial charge in [-0.2, -0.15) is 0 Å². The van der Waals surface area contributed by atoms with Crippen LogP contribution >= 0.6 is 21.6 Å². The Morgan fingerprint density at radius 1 is 0.344 bits per heavy atom. The first-order valence-corrected chi connectivity index (χ1v) is 30.9. The second-order valence-electron chi connectivity index (χ2n) is 21.1. The lowest BCUT2D eigenvalue weighted by atomic mass is 10.0. The largest absolute Gasteiger partial charge is 0.356 e. The summed E-state index contributed by atoms with van der Waals surface area (Å²) in [6.45, 7) is 30.8. The Bertz CT molecular complexity index is 942. The minimum absolute atomic E-state index is 0.238. The number of carbonyl (C=O) groups excluding carboxylic acids is 2. The predicted molar refractivity (Wildman–Crippen MR) is 291 cm³/mol. The molecule has 2 N–H and O–H groups in total. The zero-order valence-corrected chi connectivity index (χ0v) is 46.8. The molecule has 0 aromatic rings. The molecule has 0 unspecified atom stereocenters. The minimum Gasteiger partial charge on any atom is -0.356 e. The number of nitrogens with one attached hydrogen (secondary N) is 2. The van der Waals surface area contributed by atoms with E-state index in [1.807, 2.05) is 21.6 Å². The van der Waals surface area contributed by atoms with Crippen LogP contribution in [0.3, 0.4) is 0 Å². The van der Waals surface area contributed by atoms with Crippen molar-refractivity contribution in [2.24, 2.45) is 0 Å². The van der Waals surface area contributed by atoms with Crippen molar-refractivity contribution < 1.29 is 18.6 Å². The molecule has 0 aromatic heterocycles. The van der Waals surface area contributed by atoms with Crippen LogP contribution in [0.1, 0.15) is 275 Å². The van der Waals surface area contributed by atoms with Crippen LogP contribution in [0.25, 0.3) is 0 Å². The lowest BCUT2D eigenvalue weighted by molar-refractivity contribution is -0.965. The van der Waals surface area contributed by atoms with E-state index in [1.54, 1.807) is 0 Å². The molecule has 8 heteroatoms. The van der Waals surface area contributed by atoms with Crippen molar-refractivity contribution in [1.82, 2.24) is 10.6 Å². The smallest absolute Gasteiger partial charge is 0.219 e. The summed E-state index contributed by atoms with van der Waals surface area (Å²) in [5, 5.41) is 6.27. The lowest BCUT2D eigenvalue weighted by Gasteiger charge is -2.45. The second kappa shape index (κ2) is 43.8. The van der Waals surface area contributed by atoms with Crippen molar-refractivity contribution in [2.45, 2.75) is 299 Å². The average molecular weight is 942 g/mol. The maximum atomic E-state index is 12.2. The van der Waals surface area contributed by atoms with Crippen LogP contribution in [0.4, 0.5) is 0 Å². The zero-order valence-electron chi connectivity index (χ0n) is 45.1. The molecule has 0 spiro atoms. The molecule has 0 aromatic carbocycles. The van der Waals surface area contributed by atoms with Crippen molar-refractivity contribution in [1.29, 1.82) is 0 Å². The van der Waals surface area contributed by atoms with Gasteiger partial charge in [0.1, 0.15) is 0 Å². The molecular weight excluding hydrogens is 825 g/mol. The Balaban J connectivity index is 3.39. The summed E-state index contributed by atoms with van der Waals surface area (Å²) in [5.74, 6) is 2.76. The molecule has 0 rings (SSSR count). The maximum absolute atomic E-state index is 12.2. The van der Waals surface area contributed by atoms with Gasteiger partial charge in [0.2, 0.25) is 11.8 Å². The topological polar surface area (TPSA) is 58.2 Å². The average Bonchev–Trinajstić information content (AvgIpc) is 3.26. The monoisotopic (exact) mass is 941 g/mol. The van der Waals surface area contributed by atoms with Gasteiger partial charge >= 0.3 is 0 Å². The molecule has 0 atom stereocenters. The zero-order chi connectivity index (χ0) is 47.6. The minimum atomic E-state index is 0.238. The van der Waals surface area contributed by atoms with Gasteiger partial charge in [0, 0.05) is 37.4 Å². The number of hydrogen-bond acceptors (Lipinski definition) is 4. The number of unbranched alkanes of at least 4 members (excludes halogenated alkanes) is 26. The summed E-state index contributed by atoms with van der Waals surface area (Å²) in [4.78, 5) is 24.5. The maximum Gasteiger partial charge on any atom is 0.219 e. The van der Waals surface area contributed by atoms with E-state index in [4.69, 9.17) is 0 Å². The van der Waals surface area contributed by atoms with Crippen molar-refractivity contribution in [3.8, 4) is 0 Å². The van der Waals surface area contributed by atoms with Gasteiger partial charge in [-0.3, -0.25) is 9.59 Å². The molecule has 0 fully saturated rings. The Morgan fingerprint density at radius 3 is 0.812 bits per heavy atom. The Hall–Kier alpha value is -0.440. The van der Waals surface area contributed by atoms with E-state index in [-0.39, 0.29) is 11.8 Å². The molecule has 0 radical (unpaired) electrons. The first kappa shape index (κ1) is 63.6. The van der Waals surface area contributed by atoms with Crippen LogP contribution < -0.4 is 10.6 Å². The molecule has 0 saturated heterocycles. The fourth-order valence-corrected chi connectivity index (χ4v) is 12.9. The van der Waals surface area contributed by atoms with Gasteiger partial charge in [-0.15, -0.1) is 0 Å². The molecule has 6 nitrogen and oxygen atoms in total. The standard InChI is InChI=1S/C56H114N4O2S2/c1-11-59(51(3)4,52(5)6)47-39-33-29-25-21-17-13-15-19-23-27-31-35-43-55(61)57-45-37-41-49-63-64-50-42-38-46-58-56(62)44-36-32-28-24-20-16-14-18-22-26-30-34-40-48-60(12-2,53(7)8)54(9)10/h51-54H,11-50H2,1-10H3/p+2. The van der Waals surface area contributed by atoms with E-state index in [0.717, 1.165) is 87.3 Å². The molecule has 0 bridgehead atoms. The number of nitrogens with zero attached hydrogens (tertiary/aromatic N) is 2. The number of hydrogen-bond donors (Lipinski definition) is 2. The first-order valence-electron chi connectivity index (χ1n) is 28.4. The summed E-state index contributed by atoms with van der Waals surface area (Å²) in [5.41, 5.74) is 0. The summed E-state index contributed by atoms with van der Waals surface area (Å²) >= 11 is 0. The molecule has 2 amide bonds. The predicted octanol–water partition coefficient (Wildman–Crippen LogP) is 16.4. The molecule has 64 heavy (non-hydrogen) atoms. The highest BCUT2D eigenvalue weighted by Gasteiger charge is 2.33. The van der Waals surface area contributed by atoms with Crippen molar-refractivity contribution in [2.75, 3.05) is 50.8 Å². The van der Waals surface area contributed by atoms with Crippen molar-refractivity contribution in [3.05, 3.63) is 0 Å². The SMILES string of the molecule is CC[N+](CCCCCCCCCCCCCCCC(=O)NCCCCSSCCCCNC(=O)CCCCCCCCCCCCCCC[N+](CC)(C(C)C)C(C)C)(C(C)C)C(C)C. The Morgan fingerprint density at radius 2 is 0.578 bits per heavy atom. The van der Waals surface area contributed by atoms with Crippen LogP contribution in [0, 0.1) is 0 Å². The number of carbonyl (C=O) groups is 2. The van der Waals surface area contributed by atoms with Gasteiger partial charge < -0.3 is 19.6 Å². The molecule has 0 heterocycles. The van der Waals surface area contributed by atoms with E-state index in [2.05, 4.69) is 79.9 Å². The highest BCUT2D eigenvalue weighted by molar-refractivity contribution is 8.76. The number of rotatable bonds is 49. The van der Waals surface area contributed by atoms with Crippen molar-refractivity contribution in [3.63, 3.8) is 0 Å². The highest BCUT2D eigenvalue weighted by Crippen LogP contribution is 2.25. The van der Waals surface area contributed by atoms with E-state index in [0.29, 0.717) is 12.8 Å². The molecular formula is C56H116N4O2S2+2. The van der Waals surface area contributed by atoms with E-state index < -0.39 is 0 Å². The third kappa shape index (κ3) is 33.1. The van der Waals surface area contributed by atoms with Crippen LogP contribution in [0.2, 0.25) is 0 Å². The summed E-state index contributed by atoms with van der Waals surface area (Å²) in [6, 6.07) is 2.90. The molecule has 382 valence electrons. The second-order valence-corrected chi connectivity index (χ2v) is 23.8. The fourth-order valence-electron chi connectivity index (χ4n) is 10.6. The number of quaternary nitrogens is 2. The van der Waals surface area contributed by atoms with Gasteiger partial charge in [-0.05, 0) is 133 Å². The Kier molecular flexibility index (Phi) is 43.5. The lowest BCUT2D eigenvalue weighted by Crippen LogP contribution is -2.58. The van der Waals surface area contributed by atoms with Gasteiger partial charge in [-0.25, -0.2) is 0 Å². The van der Waals surface area contributed by atoms with Gasteiger partial charge in [0.15, 0.2) is 0 Å². The van der Waals surface area contributed by atoms with Gasteiger partial charge in [-0.1, -0.05) is 150 Å². The summed E-state index contributed by atoms with van der Waals surface area (Å²) in [6.07, 6.45) is 40.6. The fraction of sp³-hybridized carbons (Fsp3) is 0.964. The molecule has 0 saturated carbocycles. The van der Waals surface area contributed by atoms with E-state index >= 15 is 0 Å². The molecule has 0 aliphatic heterocycles. The van der Waals surface area contributed by atoms with Gasteiger partial charge in [0.05, 0.1) is 50.3 Å². The van der Waals surface area contributed by atoms with E-state index in [1.165, 1.54) is 189 Å². The van der Waals surface area contributed by atoms with Crippen LogP contribution in [0.5, 0.6) is 0 Å². The van der Waals surface area contributed by atoms with Gasteiger partial charge in [0.25, 0.3) is 0 Å². The molecule has 0 aliphatic carbocycles. The highest BCUT2D eigenvalue weighted by atomic mass is 33.1. The third-order valence-electron chi connectivity index (χ3n) is 15.3. The summed E-state index contributed by atoms with van der Waals surface area (Å²) < 4.78 is 2.55. The van der Waals surface area contributed by atoms with Crippen molar-refractivity contribution >= 4 is 33.4 Å². The number of amides is 2. The summed E-state index contributed by atoms with van der Waals surface area (Å²) in [7, 11) is 3.91. The van der Waals surface area contributed by atoms with Crippen LogP contribution in [0.15, 0.2) is 0 Å². The Labute approximate surface area is 410 Å². The van der Waals surface area contributed by atoms with Crippen LogP contribution in [-0.2, 0) is 9.59 Å².